The molecular formula is C17H26ClF2N5O. The molecule has 0 aromatic heterocycles. The van der Waals surface area contributed by atoms with Crippen LogP contribution in [0.25, 0.3) is 0 Å². The Kier molecular flexibility index (Phi) is 5.72. The van der Waals surface area contributed by atoms with Crippen LogP contribution in [-0.2, 0) is 4.79 Å². The van der Waals surface area contributed by atoms with Crippen molar-refractivity contribution in [2.24, 2.45) is 17.6 Å². The third-order valence-electron chi connectivity index (χ3n) is 5.72. The number of fused-ring (bicyclic) bond motifs is 1. The van der Waals surface area contributed by atoms with E-state index in [2.05, 4.69) is 16.2 Å². The number of nitrogens with two attached hydrogens (primary N) is 1. The van der Waals surface area contributed by atoms with Crippen molar-refractivity contribution in [3.63, 3.8) is 0 Å². The fourth-order valence-corrected chi connectivity index (χ4v) is 4.79. The highest BCUT2D eigenvalue weighted by Gasteiger charge is 2.43. The van der Waals surface area contributed by atoms with Gasteiger partial charge in [-0.2, -0.15) is 0 Å². The Hall–Kier alpha value is -1.41. The van der Waals surface area contributed by atoms with Gasteiger partial charge in [-0.25, -0.2) is 14.2 Å². The summed E-state index contributed by atoms with van der Waals surface area (Å²) in [6.07, 6.45) is -0.424. The third-order valence-corrected chi connectivity index (χ3v) is 6.20. The zero-order chi connectivity index (χ0) is 19.0. The second-order valence-electron chi connectivity index (χ2n) is 7.58. The standard InChI is InChI=1S/C17H26ClF2N5O/c1-7(21)14(10-3-2-9(19)6-11(10)18)17-23-15-12(20)4-8(16(22)26)5-13(15)24-25-17/h8-13,15,21,23-25H,2-6H2,1H3,(H2,22,26)/b17-14+,21-7?. The number of rotatable bonds is 3. The Morgan fingerprint density at radius 1 is 1.27 bits per heavy atom. The van der Waals surface area contributed by atoms with Gasteiger partial charge in [0, 0.05) is 34.5 Å². The molecule has 7 unspecified atom stereocenters. The van der Waals surface area contributed by atoms with Crippen LogP contribution in [0.15, 0.2) is 11.4 Å². The van der Waals surface area contributed by atoms with Crippen LogP contribution >= 0.6 is 11.6 Å². The summed E-state index contributed by atoms with van der Waals surface area (Å²) < 4.78 is 28.3. The summed E-state index contributed by atoms with van der Waals surface area (Å²) in [5.41, 5.74) is 12.4. The van der Waals surface area contributed by atoms with Gasteiger partial charge in [0.05, 0.1) is 6.04 Å². The van der Waals surface area contributed by atoms with Gasteiger partial charge >= 0.3 is 0 Å². The molecule has 0 bridgehead atoms. The second-order valence-corrected chi connectivity index (χ2v) is 8.14. The Balaban J connectivity index is 1.81. The maximum Gasteiger partial charge on any atom is 0.220 e. The second kappa shape index (κ2) is 7.68. The molecule has 2 saturated carbocycles. The number of primary amides is 1. The van der Waals surface area contributed by atoms with E-state index in [1.807, 2.05) is 0 Å². The minimum absolute atomic E-state index is 0.0858. The number of hydrazine groups is 1. The van der Waals surface area contributed by atoms with Gasteiger partial charge in [0.25, 0.3) is 0 Å². The van der Waals surface area contributed by atoms with Gasteiger partial charge in [-0.3, -0.25) is 4.79 Å². The van der Waals surface area contributed by atoms with Crippen molar-refractivity contribution < 1.29 is 13.6 Å². The van der Waals surface area contributed by atoms with Crippen molar-refractivity contribution in [1.29, 1.82) is 5.41 Å². The summed E-state index contributed by atoms with van der Waals surface area (Å²) in [5, 5.41) is 10.9. The van der Waals surface area contributed by atoms with Crippen LogP contribution in [0, 0.1) is 17.2 Å². The number of amides is 1. The zero-order valence-electron chi connectivity index (χ0n) is 14.7. The molecule has 1 amide bonds. The summed E-state index contributed by atoms with van der Waals surface area (Å²) in [6, 6.07) is -0.817. The van der Waals surface area contributed by atoms with Crippen LogP contribution in [0.5, 0.6) is 0 Å². The number of allylic oxidation sites excluding steroid dienone is 1. The van der Waals surface area contributed by atoms with Gasteiger partial charge in [0.2, 0.25) is 5.91 Å². The first-order valence-electron chi connectivity index (χ1n) is 9.07. The number of carbonyl (C=O) groups excluding carboxylic acids is 1. The molecule has 2 aliphatic carbocycles. The van der Waals surface area contributed by atoms with Crippen LogP contribution in [-0.4, -0.2) is 41.4 Å². The number of hydrogen-bond donors (Lipinski definition) is 5. The molecule has 1 heterocycles. The van der Waals surface area contributed by atoms with Gasteiger partial charge in [-0.15, -0.1) is 11.6 Å². The average molecular weight is 390 g/mol. The lowest BCUT2D eigenvalue weighted by Crippen LogP contribution is -2.67. The summed E-state index contributed by atoms with van der Waals surface area (Å²) in [7, 11) is 0. The minimum Gasteiger partial charge on any atom is -0.369 e. The van der Waals surface area contributed by atoms with Crippen LogP contribution in [0.1, 0.15) is 39.0 Å². The van der Waals surface area contributed by atoms with E-state index in [0.717, 1.165) is 0 Å². The van der Waals surface area contributed by atoms with Gasteiger partial charge in [-0.1, -0.05) is 0 Å². The van der Waals surface area contributed by atoms with Crippen LogP contribution in [0.2, 0.25) is 0 Å². The molecule has 9 heteroatoms. The van der Waals surface area contributed by atoms with Crippen LogP contribution in [0.3, 0.4) is 0 Å². The first-order chi connectivity index (χ1) is 12.3. The fourth-order valence-electron chi connectivity index (χ4n) is 4.35. The molecule has 1 aliphatic heterocycles. The van der Waals surface area contributed by atoms with Crippen molar-refractivity contribution in [3.8, 4) is 0 Å². The first kappa shape index (κ1) is 19.4. The Morgan fingerprint density at radius 2 is 2.00 bits per heavy atom. The quantitative estimate of drug-likeness (QED) is 0.374. The minimum atomic E-state index is -1.24. The molecule has 6 nitrogen and oxygen atoms in total. The summed E-state index contributed by atoms with van der Waals surface area (Å²) >= 11 is 6.38. The molecule has 146 valence electrons. The highest BCUT2D eigenvalue weighted by atomic mass is 35.5. The first-order valence-corrected chi connectivity index (χ1v) is 9.50. The lowest BCUT2D eigenvalue weighted by molar-refractivity contribution is -0.124. The number of halogens is 3. The smallest absolute Gasteiger partial charge is 0.220 e. The molecule has 0 aromatic carbocycles. The molecule has 0 spiro atoms. The zero-order valence-corrected chi connectivity index (χ0v) is 15.5. The number of carbonyl (C=O) groups is 1. The Bertz CT molecular complexity index is 616. The Labute approximate surface area is 156 Å². The van der Waals surface area contributed by atoms with Crippen molar-refractivity contribution in [2.75, 3.05) is 0 Å². The van der Waals surface area contributed by atoms with Crippen LogP contribution in [0.4, 0.5) is 8.78 Å². The molecule has 1 saturated heterocycles. The van der Waals surface area contributed by atoms with Crippen molar-refractivity contribution in [3.05, 3.63) is 11.4 Å². The van der Waals surface area contributed by atoms with E-state index < -0.39 is 35.6 Å². The van der Waals surface area contributed by atoms with E-state index in [1.54, 1.807) is 6.92 Å². The normalized spacial score (nSPS) is 42.1. The maximum atomic E-state index is 14.6. The molecule has 3 rings (SSSR count). The lowest BCUT2D eigenvalue weighted by atomic mass is 9.79. The van der Waals surface area contributed by atoms with Crippen molar-refractivity contribution >= 4 is 23.2 Å². The predicted molar refractivity (Wildman–Crippen MR) is 96.1 cm³/mol. The highest BCUT2D eigenvalue weighted by Crippen LogP contribution is 2.37. The SMILES string of the molecule is CC(=N)/C(=C1\NNC2CC(C(N)=O)CC(F)C2N1)C1CCC(F)CC1Cl. The molecule has 3 fully saturated rings. The molecule has 3 aliphatic rings. The third kappa shape index (κ3) is 3.81. The van der Waals surface area contributed by atoms with E-state index in [4.69, 9.17) is 22.7 Å². The molecule has 0 radical (unpaired) electrons. The molecule has 6 N–H and O–H groups in total. The summed E-state index contributed by atoms with van der Waals surface area (Å²) in [6.45, 7) is 1.65. The molecule has 7 atom stereocenters. The number of nitrogens with one attached hydrogen (secondary N) is 4. The van der Waals surface area contributed by atoms with E-state index >= 15 is 0 Å². The fraction of sp³-hybridized carbons (Fsp3) is 0.765. The monoisotopic (exact) mass is 389 g/mol. The Morgan fingerprint density at radius 3 is 2.62 bits per heavy atom. The summed E-state index contributed by atoms with van der Waals surface area (Å²) in [4.78, 5) is 11.4. The van der Waals surface area contributed by atoms with Crippen LogP contribution < -0.4 is 21.9 Å². The highest BCUT2D eigenvalue weighted by molar-refractivity contribution is 6.21. The van der Waals surface area contributed by atoms with E-state index in [1.165, 1.54) is 0 Å². The average Bonchev–Trinajstić information content (AvgIpc) is 2.57. The van der Waals surface area contributed by atoms with E-state index in [-0.39, 0.29) is 24.8 Å². The van der Waals surface area contributed by atoms with Gasteiger partial charge < -0.3 is 21.9 Å². The number of alkyl halides is 3. The largest absolute Gasteiger partial charge is 0.369 e. The van der Waals surface area contributed by atoms with Gasteiger partial charge in [-0.05, 0) is 39.0 Å². The molecule has 0 aromatic rings. The maximum absolute atomic E-state index is 14.6. The summed E-state index contributed by atoms with van der Waals surface area (Å²) in [5.74, 6) is -0.636. The molecule has 26 heavy (non-hydrogen) atoms. The van der Waals surface area contributed by atoms with Gasteiger partial charge in [0.15, 0.2) is 0 Å². The predicted octanol–water partition coefficient (Wildman–Crippen LogP) is 1.65. The topological polar surface area (TPSA) is 103 Å². The van der Waals surface area contributed by atoms with Crippen molar-refractivity contribution in [1.82, 2.24) is 16.2 Å². The van der Waals surface area contributed by atoms with E-state index in [0.29, 0.717) is 36.4 Å². The van der Waals surface area contributed by atoms with Crippen molar-refractivity contribution in [2.45, 2.75) is 68.8 Å². The lowest BCUT2D eigenvalue weighted by Gasteiger charge is -2.44. The van der Waals surface area contributed by atoms with Gasteiger partial charge in [0.1, 0.15) is 18.2 Å². The number of hydrogen-bond acceptors (Lipinski definition) is 5. The molecular weight excluding hydrogens is 364 g/mol. The van der Waals surface area contributed by atoms with E-state index in [9.17, 15) is 13.6 Å².